The van der Waals surface area contributed by atoms with Gasteiger partial charge in [0.1, 0.15) is 0 Å². The molecule has 5 aromatic carbocycles. The van der Waals surface area contributed by atoms with E-state index in [0.717, 1.165) is 19.0 Å². The molecule has 0 radical (unpaired) electrons. The Hall–Kier alpha value is -2.95. The lowest BCUT2D eigenvalue weighted by atomic mass is 9.65. The Bertz CT molecular complexity index is 1390. The maximum absolute atomic E-state index is 3.05. The average Bonchev–Trinajstić information content (AvgIpc) is 2.94. The first-order valence-corrected chi connectivity index (χ1v) is 13.7. The molecule has 1 heteroatoms. The van der Waals surface area contributed by atoms with Crippen LogP contribution in [0, 0.1) is 0 Å². The highest BCUT2D eigenvalue weighted by atomic mass is 31.0. The van der Waals surface area contributed by atoms with Crippen molar-refractivity contribution in [2.24, 2.45) is 0 Å². The van der Waals surface area contributed by atoms with Crippen molar-refractivity contribution in [3.05, 3.63) is 131 Å². The van der Waals surface area contributed by atoms with Crippen LogP contribution in [-0.2, 0) is 10.8 Å². The largest absolute Gasteiger partial charge is 0.136 e. The van der Waals surface area contributed by atoms with Gasteiger partial charge in [0, 0.05) is 10.8 Å². The Morgan fingerprint density at radius 1 is 0.514 bits per heavy atom. The van der Waals surface area contributed by atoms with Gasteiger partial charge in [0.2, 0.25) is 0 Å². The highest BCUT2D eigenvalue weighted by Crippen LogP contribution is 2.50. The summed E-state index contributed by atoms with van der Waals surface area (Å²) in [5, 5.41) is 5.51. The fraction of sp³-hybridized carbons (Fsp3) is 0.235. The van der Waals surface area contributed by atoms with E-state index < -0.39 is 0 Å². The third-order valence-electron chi connectivity index (χ3n) is 8.31. The van der Waals surface area contributed by atoms with E-state index in [1.807, 2.05) is 0 Å². The maximum Gasteiger partial charge on any atom is 0.0221 e. The number of hydrogen-bond acceptors (Lipinski definition) is 0. The van der Waals surface area contributed by atoms with Gasteiger partial charge in [0.15, 0.2) is 0 Å². The van der Waals surface area contributed by atoms with Crippen LogP contribution in [0.15, 0.2) is 109 Å². The van der Waals surface area contributed by atoms with E-state index in [2.05, 4.69) is 139 Å². The number of rotatable bonds is 7. The molecule has 0 bridgehead atoms. The molecule has 0 saturated carbocycles. The lowest BCUT2D eigenvalue weighted by Crippen LogP contribution is -2.29. The molecule has 5 rings (SSSR count). The van der Waals surface area contributed by atoms with Gasteiger partial charge in [-0.15, -0.1) is 9.24 Å². The van der Waals surface area contributed by atoms with Crippen LogP contribution in [0.1, 0.15) is 55.9 Å². The van der Waals surface area contributed by atoms with Crippen LogP contribution >= 0.6 is 9.24 Å². The average molecular weight is 475 g/mol. The quantitative estimate of drug-likeness (QED) is 0.163. The summed E-state index contributed by atoms with van der Waals surface area (Å²) in [4.78, 5) is 0. The van der Waals surface area contributed by atoms with Crippen LogP contribution in [0.5, 0.6) is 0 Å². The van der Waals surface area contributed by atoms with Crippen molar-refractivity contribution in [3.63, 3.8) is 0 Å². The molecule has 0 N–H and O–H groups in total. The van der Waals surface area contributed by atoms with Gasteiger partial charge in [-0.05, 0) is 62.8 Å². The Balaban J connectivity index is 1.98. The van der Waals surface area contributed by atoms with Crippen LogP contribution in [0.2, 0.25) is 0 Å². The van der Waals surface area contributed by atoms with Gasteiger partial charge in [-0.3, -0.25) is 0 Å². The molecule has 2 unspecified atom stereocenters. The molecule has 0 fully saturated rings. The van der Waals surface area contributed by atoms with Gasteiger partial charge in [-0.2, -0.15) is 0 Å². The summed E-state index contributed by atoms with van der Waals surface area (Å²) >= 11 is 0. The molecule has 0 aliphatic heterocycles. The Kier molecular flexibility index (Phi) is 6.52. The molecule has 0 aromatic heterocycles. The molecule has 5 aromatic rings. The van der Waals surface area contributed by atoms with Crippen LogP contribution in [0.4, 0.5) is 0 Å². The van der Waals surface area contributed by atoms with Crippen molar-refractivity contribution in [3.8, 4) is 0 Å². The second-order valence-electron chi connectivity index (χ2n) is 9.90. The topological polar surface area (TPSA) is 0 Å². The molecule has 0 saturated heterocycles. The van der Waals surface area contributed by atoms with Crippen molar-refractivity contribution >= 4 is 30.8 Å². The van der Waals surface area contributed by atoms with Crippen LogP contribution in [0.3, 0.4) is 0 Å². The minimum atomic E-state index is -0.127. The normalized spacial score (nSPS) is 13.7. The van der Waals surface area contributed by atoms with E-state index in [0.29, 0.717) is 0 Å². The molecule has 0 aliphatic carbocycles. The molecule has 2 atom stereocenters. The first kappa shape index (κ1) is 23.8. The molecule has 0 spiro atoms. The molecule has 176 valence electrons. The van der Waals surface area contributed by atoms with Crippen LogP contribution < -0.4 is 0 Å². The zero-order valence-corrected chi connectivity index (χ0v) is 22.2. The van der Waals surface area contributed by atoms with Gasteiger partial charge in [0.25, 0.3) is 0 Å². The molecule has 35 heavy (non-hydrogen) atoms. The number of benzene rings is 5. The molecular weight excluding hydrogens is 439 g/mol. The summed E-state index contributed by atoms with van der Waals surface area (Å²) in [6.45, 7) is 7.11. The molecule has 0 heterocycles. The summed E-state index contributed by atoms with van der Waals surface area (Å²) in [6, 6.07) is 40.4. The lowest BCUT2D eigenvalue weighted by molar-refractivity contribution is 0.485. The zero-order chi connectivity index (χ0) is 24.5. The van der Waals surface area contributed by atoms with Gasteiger partial charge in [-0.25, -0.2) is 0 Å². The minimum absolute atomic E-state index is 0.0525. The predicted molar refractivity (Wildman–Crippen MR) is 157 cm³/mol. The number of fused-ring (bicyclic) bond motifs is 2. The second kappa shape index (κ2) is 9.60. The van der Waals surface area contributed by atoms with Gasteiger partial charge in [0.05, 0.1) is 0 Å². The lowest BCUT2D eigenvalue weighted by Gasteiger charge is -2.38. The summed E-state index contributed by atoms with van der Waals surface area (Å²) in [5.74, 6) is 0. The summed E-state index contributed by atoms with van der Waals surface area (Å²) in [6.07, 6.45) is 3.07. The van der Waals surface area contributed by atoms with E-state index in [9.17, 15) is 0 Å². The van der Waals surface area contributed by atoms with Gasteiger partial charge >= 0.3 is 0 Å². The molecular formula is C34H35P. The van der Waals surface area contributed by atoms with Gasteiger partial charge < -0.3 is 0 Å². The molecule has 0 aliphatic rings. The van der Waals surface area contributed by atoms with Crippen molar-refractivity contribution < 1.29 is 0 Å². The third kappa shape index (κ3) is 3.71. The molecule has 0 nitrogen and oxygen atoms in total. The fourth-order valence-electron chi connectivity index (χ4n) is 6.32. The van der Waals surface area contributed by atoms with Crippen molar-refractivity contribution in [2.45, 2.75) is 44.4 Å². The second-order valence-corrected chi connectivity index (χ2v) is 10.3. The number of hydrogen-bond donors (Lipinski definition) is 0. The van der Waals surface area contributed by atoms with Crippen molar-refractivity contribution in [2.75, 3.05) is 6.16 Å². The highest BCUT2D eigenvalue weighted by Gasteiger charge is 2.37. The zero-order valence-electron chi connectivity index (χ0n) is 21.1. The molecule has 0 amide bonds. The van der Waals surface area contributed by atoms with E-state index in [1.165, 1.54) is 43.8 Å². The SMILES string of the molecule is CCC(CC)(c1ccccc1)c1c2ccccc2c(C(C)(CP)c2ccccc2)c2ccccc12. The third-order valence-corrected chi connectivity index (χ3v) is 9.13. The fourth-order valence-corrected chi connectivity index (χ4v) is 6.76. The van der Waals surface area contributed by atoms with Gasteiger partial charge in [-0.1, -0.05) is 130 Å². The van der Waals surface area contributed by atoms with Crippen LogP contribution in [-0.4, -0.2) is 6.16 Å². The van der Waals surface area contributed by atoms with E-state index in [4.69, 9.17) is 0 Å². The highest BCUT2D eigenvalue weighted by molar-refractivity contribution is 7.16. The minimum Gasteiger partial charge on any atom is -0.136 e. The summed E-state index contributed by atoms with van der Waals surface area (Å²) in [5.41, 5.74) is 5.49. The summed E-state index contributed by atoms with van der Waals surface area (Å²) in [7, 11) is 3.05. The van der Waals surface area contributed by atoms with Crippen LogP contribution in [0.25, 0.3) is 21.5 Å². The Labute approximate surface area is 212 Å². The Morgan fingerprint density at radius 2 is 0.886 bits per heavy atom. The standard InChI is InChI=1S/C34H35P/c1-4-34(5-2,26-18-10-7-11-19-26)32-29-22-14-12-20-27(29)31(28-21-13-15-23-30(28)32)33(3,24-35)25-16-8-6-9-17-25/h6-23H,4-5,24,35H2,1-3H3. The van der Waals surface area contributed by atoms with E-state index >= 15 is 0 Å². The van der Waals surface area contributed by atoms with Crippen molar-refractivity contribution in [1.82, 2.24) is 0 Å². The smallest absolute Gasteiger partial charge is 0.0221 e. The first-order valence-electron chi connectivity index (χ1n) is 12.9. The van der Waals surface area contributed by atoms with E-state index in [1.54, 1.807) is 0 Å². The maximum atomic E-state index is 3.05. The Morgan fingerprint density at radius 3 is 1.29 bits per heavy atom. The van der Waals surface area contributed by atoms with Crippen molar-refractivity contribution in [1.29, 1.82) is 0 Å². The monoisotopic (exact) mass is 474 g/mol. The van der Waals surface area contributed by atoms with E-state index in [-0.39, 0.29) is 10.8 Å². The predicted octanol–water partition coefficient (Wildman–Crippen LogP) is 9.28. The summed E-state index contributed by atoms with van der Waals surface area (Å²) < 4.78 is 0. The first-order chi connectivity index (χ1) is 17.1.